The van der Waals surface area contributed by atoms with Gasteiger partial charge in [-0.2, -0.15) is 0 Å². The Balaban J connectivity index is 2.18. The molecule has 1 aliphatic heterocycles. The second-order valence-corrected chi connectivity index (χ2v) is 4.75. The summed E-state index contributed by atoms with van der Waals surface area (Å²) in [5, 5.41) is 28.2. The fraction of sp³-hybridized carbons (Fsp3) is 0.556. The van der Waals surface area contributed by atoms with Crippen molar-refractivity contribution < 1.29 is 20.1 Å². The Morgan fingerprint density at radius 1 is 1.40 bits per heavy atom. The molecule has 0 unspecified atom stereocenters. The van der Waals surface area contributed by atoms with Gasteiger partial charge in [0.15, 0.2) is 6.23 Å². The Bertz CT molecular complexity index is 343. The van der Waals surface area contributed by atoms with Gasteiger partial charge < -0.3 is 24.6 Å². The number of nitrogens with zero attached hydrogens (tertiary/aromatic N) is 1. The minimum atomic E-state index is -1.04. The maximum atomic E-state index is 9.71. The molecule has 1 fully saturated rings. The van der Waals surface area contributed by atoms with Crippen molar-refractivity contribution in [1.82, 2.24) is 4.57 Å². The fourth-order valence-corrected chi connectivity index (χ4v) is 2.15. The number of ether oxygens (including phenoxy) is 1. The summed E-state index contributed by atoms with van der Waals surface area (Å²) < 4.78 is 8.05. The number of halogens is 1. The van der Waals surface area contributed by atoms with Gasteiger partial charge in [-0.3, -0.25) is 0 Å². The van der Waals surface area contributed by atoms with Gasteiger partial charge in [0.25, 0.3) is 0 Å². The topological polar surface area (TPSA) is 74.9 Å². The molecular formula is C9H12INO4. The molecule has 3 N–H and O–H groups in total. The third-order valence-corrected chi connectivity index (χ3v) is 3.13. The zero-order chi connectivity index (χ0) is 11.0. The Labute approximate surface area is 100 Å². The first-order valence-corrected chi connectivity index (χ1v) is 5.67. The highest BCUT2D eigenvalue weighted by Crippen LogP contribution is 2.29. The molecule has 2 heterocycles. The summed E-state index contributed by atoms with van der Waals surface area (Å²) in [6, 6.07) is 1.87. The van der Waals surface area contributed by atoms with E-state index in [1.54, 1.807) is 17.0 Å². The predicted octanol–water partition coefficient (Wildman–Crippen LogP) is -0.296. The van der Waals surface area contributed by atoms with Crippen LogP contribution in [0.3, 0.4) is 0 Å². The van der Waals surface area contributed by atoms with Crippen molar-refractivity contribution in [3.63, 3.8) is 0 Å². The highest BCUT2D eigenvalue weighted by molar-refractivity contribution is 14.1. The monoisotopic (exact) mass is 325 g/mol. The van der Waals surface area contributed by atoms with Crippen molar-refractivity contribution in [3.05, 3.63) is 22.0 Å². The third-order valence-electron chi connectivity index (χ3n) is 2.49. The Morgan fingerprint density at radius 2 is 2.13 bits per heavy atom. The number of hydrogen-bond donors (Lipinski definition) is 3. The fourth-order valence-electron chi connectivity index (χ4n) is 1.67. The molecule has 0 bridgehead atoms. The molecular weight excluding hydrogens is 313 g/mol. The maximum Gasteiger partial charge on any atom is 0.162 e. The second-order valence-electron chi connectivity index (χ2n) is 3.51. The molecule has 4 atom stereocenters. The number of aliphatic hydroxyl groups is 3. The zero-order valence-electron chi connectivity index (χ0n) is 7.82. The summed E-state index contributed by atoms with van der Waals surface area (Å²) >= 11 is 2.14. The van der Waals surface area contributed by atoms with Crippen LogP contribution in [0.4, 0.5) is 0 Å². The molecule has 2 rings (SSSR count). The molecule has 0 saturated carbocycles. The van der Waals surface area contributed by atoms with E-state index >= 15 is 0 Å². The standard InChI is InChI=1S/C9H12INO4/c10-5-1-2-11(3-5)9-8(14)7(13)6(4-12)15-9/h1-3,6-9,12-14H,4H2/t6-,7-,8-,9-/m1/s1. The minimum Gasteiger partial charge on any atom is -0.394 e. The van der Waals surface area contributed by atoms with Crippen LogP contribution in [0, 0.1) is 3.57 Å². The van der Waals surface area contributed by atoms with Gasteiger partial charge in [-0.05, 0) is 28.7 Å². The van der Waals surface area contributed by atoms with Crippen molar-refractivity contribution in [3.8, 4) is 0 Å². The molecule has 1 aromatic heterocycles. The molecule has 84 valence electrons. The molecule has 0 radical (unpaired) electrons. The number of hydrogen-bond acceptors (Lipinski definition) is 4. The van der Waals surface area contributed by atoms with Crippen molar-refractivity contribution in [1.29, 1.82) is 0 Å². The van der Waals surface area contributed by atoms with E-state index < -0.39 is 24.5 Å². The lowest BCUT2D eigenvalue weighted by Gasteiger charge is -2.16. The van der Waals surface area contributed by atoms with Gasteiger partial charge in [-0.1, -0.05) is 0 Å². The predicted molar refractivity (Wildman–Crippen MR) is 60.2 cm³/mol. The normalized spacial score (nSPS) is 36.0. The van der Waals surface area contributed by atoms with E-state index in [-0.39, 0.29) is 6.61 Å². The van der Waals surface area contributed by atoms with Crippen LogP contribution >= 0.6 is 22.6 Å². The smallest absolute Gasteiger partial charge is 0.162 e. The van der Waals surface area contributed by atoms with Crippen molar-refractivity contribution in [2.45, 2.75) is 24.5 Å². The molecule has 15 heavy (non-hydrogen) atoms. The van der Waals surface area contributed by atoms with Crippen LogP contribution in [0.1, 0.15) is 6.23 Å². The summed E-state index contributed by atoms with van der Waals surface area (Å²) in [5.41, 5.74) is 0. The van der Waals surface area contributed by atoms with Crippen LogP contribution in [0.2, 0.25) is 0 Å². The van der Waals surface area contributed by atoms with E-state index in [0.717, 1.165) is 3.57 Å². The van der Waals surface area contributed by atoms with E-state index in [1.807, 2.05) is 6.07 Å². The van der Waals surface area contributed by atoms with Gasteiger partial charge in [0, 0.05) is 16.0 Å². The summed E-state index contributed by atoms with van der Waals surface area (Å²) in [6.45, 7) is -0.299. The van der Waals surface area contributed by atoms with Gasteiger partial charge in [-0.15, -0.1) is 0 Å². The molecule has 1 saturated heterocycles. The number of aliphatic hydroxyl groups excluding tert-OH is 3. The van der Waals surface area contributed by atoms with E-state index in [0.29, 0.717) is 0 Å². The second kappa shape index (κ2) is 4.38. The third kappa shape index (κ3) is 2.04. The maximum absolute atomic E-state index is 9.71. The molecule has 5 nitrogen and oxygen atoms in total. The number of rotatable bonds is 2. The minimum absolute atomic E-state index is 0.299. The molecule has 0 aromatic carbocycles. The highest BCUT2D eigenvalue weighted by Gasteiger charge is 2.42. The SMILES string of the molecule is OC[C@H]1O[C@@H](n2ccc(I)c2)[C@H](O)[C@@H]1O. The molecule has 1 aliphatic rings. The average molecular weight is 325 g/mol. The average Bonchev–Trinajstić information content (AvgIpc) is 2.74. The van der Waals surface area contributed by atoms with E-state index in [4.69, 9.17) is 9.84 Å². The van der Waals surface area contributed by atoms with Crippen LogP contribution in [0.25, 0.3) is 0 Å². The van der Waals surface area contributed by atoms with Crippen molar-refractivity contribution in [2.24, 2.45) is 0 Å². The lowest BCUT2D eigenvalue weighted by molar-refractivity contribution is -0.0526. The first-order chi connectivity index (χ1) is 7.13. The lowest BCUT2D eigenvalue weighted by Crippen LogP contribution is -2.33. The van der Waals surface area contributed by atoms with Crippen molar-refractivity contribution >= 4 is 22.6 Å². The van der Waals surface area contributed by atoms with E-state index in [1.165, 1.54) is 0 Å². The van der Waals surface area contributed by atoms with Gasteiger partial charge in [-0.25, -0.2) is 0 Å². The van der Waals surface area contributed by atoms with Crippen LogP contribution in [-0.2, 0) is 4.74 Å². The summed E-state index contributed by atoms with van der Waals surface area (Å²) in [6.07, 6.45) is 0.180. The summed E-state index contributed by atoms with van der Waals surface area (Å²) in [4.78, 5) is 0. The molecule has 0 spiro atoms. The van der Waals surface area contributed by atoms with Gasteiger partial charge in [0.1, 0.15) is 18.3 Å². The molecule has 1 aromatic rings. The van der Waals surface area contributed by atoms with Crippen LogP contribution in [-0.4, -0.2) is 44.8 Å². The Morgan fingerprint density at radius 3 is 2.60 bits per heavy atom. The Kier molecular flexibility index (Phi) is 3.31. The van der Waals surface area contributed by atoms with Gasteiger partial charge >= 0.3 is 0 Å². The largest absolute Gasteiger partial charge is 0.394 e. The zero-order valence-corrected chi connectivity index (χ0v) is 9.98. The van der Waals surface area contributed by atoms with Crippen LogP contribution in [0.15, 0.2) is 18.5 Å². The summed E-state index contributed by atoms with van der Waals surface area (Å²) in [5.74, 6) is 0. The van der Waals surface area contributed by atoms with Crippen LogP contribution < -0.4 is 0 Å². The molecule has 0 amide bonds. The van der Waals surface area contributed by atoms with Gasteiger partial charge in [0.05, 0.1) is 6.61 Å². The highest BCUT2D eigenvalue weighted by atomic mass is 127. The van der Waals surface area contributed by atoms with E-state index in [2.05, 4.69) is 22.6 Å². The first-order valence-electron chi connectivity index (χ1n) is 4.59. The van der Waals surface area contributed by atoms with Crippen LogP contribution in [0.5, 0.6) is 0 Å². The first kappa shape index (κ1) is 11.3. The van der Waals surface area contributed by atoms with Gasteiger partial charge in [0.2, 0.25) is 0 Å². The van der Waals surface area contributed by atoms with E-state index in [9.17, 15) is 10.2 Å². The quantitative estimate of drug-likeness (QED) is 0.653. The number of aromatic nitrogens is 1. The summed E-state index contributed by atoms with van der Waals surface area (Å²) in [7, 11) is 0. The lowest BCUT2D eigenvalue weighted by atomic mass is 10.1. The molecule has 0 aliphatic carbocycles. The van der Waals surface area contributed by atoms with Crippen molar-refractivity contribution in [2.75, 3.05) is 6.61 Å². The molecule has 6 heteroatoms. The Hall–Kier alpha value is -0.150.